The van der Waals surface area contributed by atoms with Gasteiger partial charge in [-0.1, -0.05) is 73.9 Å². The molecule has 0 aliphatic heterocycles. The highest BCUT2D eigenvalue weighted by Gasteiger charge is 2.24. The van der Waals surface area contributed by atoms with Crippen molar-refractivity contribution in [1.82, 2.24) is 74.7 Å². The lowest BCUT2D eigenvalue weighted by molar-refractivity contribution is -0.156. The minimum Gasteiger partial charge on any atom is -0.459 e. The number of nitrogens with two attached hydrogens (primary N) is 1. The lowest BCUT2D eigenvalue weighted by Crippen LogP contribution is -2.27. The van der Waals surface area contributed by atoms with E-state index in [2.05, 4.69) is 216 Å². The van der Waals surface area contributed by atoms with Gasteiger partial charge in [0.05, 0.1) is 59.2 Å². The van der Waals surface area contributed by atoms with Crippen LogP contribution in [0.4, 0.5) is 0 Å². The van der Waals surface area contributed by atoms with Gasteiger partial charge in [0.25, 0.3) is 5.91 Å². The molecule has 5 N–H and O–H groups in total. The summed E-state index contributed by atoms with van der Waals surface area (Å²) in [7, 11) is 7.21. The predicted octanol–water partition coefficient (Wildman–Crippen LogP) is 13.0. The zero-order valence-corrected chi connectivity index (χ0v) is 81.0. The van der Waals surface area contributed by atoms with Gasteiger partial charge in [0, 0.05) is 176 Å². The summed E-state index contributed by atoms with van der Waals surface area (Å²) in [6, 6.07) is 10.3. The van der Waals surface area contributed by atoms with Crippen LogP contribution in [0.3, 0.4) is 0 Å². The molecule has 51 heteroatoms. The second kappa shape index (κ2) is 55.7. The highest BCUT2D eigenvalue weighted by atomic mass is 127. The van der Waals surface area contributed by atoms with Gasteiger partial charge in [-0.2, -0.15) is 44.3 Å². The Kier molecular flexibility index (Phi) is 54.8. The number of nitrogens with zero attached hydrogens (tertiary/aromatic N) is 15. The molecular formula is C58H66BrCl5I2N18O10S15. The number of alkyl halides is 1. The molecule has 0 saturated carbocycles. The Bertz CT molecular complexity index is 5000. The molecule has 0 radical (unpaired) electrons. The van der Waals surface area contributed by atoms with Gasteiger partial charge in [-0.15, -0.1) is 5.16 Å². The molecule has 10 aromatic rings. The number of ether oxygens (including phenoxy) is 4. The number of primary amides is 1. The largest absolute Gasteiger partial charge is 0.459 e. The maximum Gasteiger partial charge on any atom is 0.328 e. The first-order chi connectivity index (χ1) is 50.5. The van der Waals surface area contributed by atoms with Gasteiger partial charge in [-0.05, 0) is 166 Å². The standard InChI is InChI=1S/C13H15ClN4O3.C13H13ClN4O2.C12H13ClIN3O2.C6H11BrO2.C6H3ClIN3.C6H4ClN3.C2H5NO.S5.S4.S3.S2.H2S/c1-13(2,3)21-10(19)6-18-8-5-16-9(14)4-7(8)11(17-18)12(15)20;1-13(2,3)20-12(19)7-18-10-6-16-11(14)4-8(10)9(5-15)17-18;1-12(2,3)19-10(18)6-17-8-5-15-9(13)4-7(8)11(14)16-17;1-6(2,3)9-5(8)4-7;7-5-1-3-4(2-9-5)10-11-6(3)8;7-6-1-4-2-9-10-5(4)3-8-6;1-2-3-4;1-3-5-4-2;1-3-4-2;1-3-2;1-2;/h4-5H,6H2,1-3H3,(H2,15,20);4,6H,7H2,1-3H3;4-5H,6H2,1-3H3;4H2,1-3H3;1-2H,(H,10,11);1-3H,(H,9,10);2,4H,1H3;;;;;1H2/b;;;;;;3-2+;;;;;. The Labute approximate surface area is 750 Å². The lowest BCUT2D eigenvalue weighted by Gasteiger charge is -2.19. The number of hydrogen-bond acceptors (Lipinski definition) is 30. The number of aromatic amines is 2. The molecule has 594 valence electrons. The van der Waals surface area contributed by atoms with Crippen molar-refractivity contribution < 1.29 is 48.1 Å². The van der Waals surface area contributed by atoms with Crippen LogP contribution >= 0.6 is 133 Å². The summed E-state index contributed by atoms with van der Waals surface area (Å²) in [5.41, 5.74) is 7.06. The quantitative estimate of drug-likeness (QED) is 0.0160. The van der Waals surface area contributed by atoms with Gasteiger partial charge in [0.1, 0.15) is 92.1 Å². The summed E-state index contributed by atoms with van der Waals surface area (Å²) in [6.07, 6.45) is 10.8. The summed E-state index contributed by atoms with van der Waals surface area (Å²) < 4.78 is 26.7. The number of pyridine rings is 5. The molecule has 0 fully saturated rings. The fourth-order valence-electron chi connectivity index (χ4n) is 7.27. The zero-order valence-electron chi connectivity index (χ0n) is 58.9. The van der Waals surface area contributed by atoms with Crippen molar-refractivity contribution >= 4 is 366 Å². The molecule has 0 atom stereocenters. The molecule has 10 aromatic heterocycles. The van der Waals surface area contributed by atoms with Crippen molar-refractivity contribution in [2.24, 2.45) is 10.9 Å². The number of H-pyrrole nitrogens is 2. The third-order valence-electron chi connectivity index (χ3n) is 10.6. The van der Waals surface area contributed by atoms with Crippen molar-refractivity contribution in [3.05, 3.63) is 112 Å². The Morgan fingerprint density at radius 1 is 0.587 bits per heavy atom. The molecule has 0 aliphatic carbocycles. The first-order valence-electron chi connectivity index (χ1n) is 29.0. The van der Waals surface area contributed by atoms with Crippen LogP contribution in [-0.2, 0) is 201 Å². The third kappa shape index (κ3) is 44.6. The SMILES string of the molecule is C/C=N/O.CC(C)(C)OC(=O)CBr.CC(C)(C)OC(=O)Cn1nc(C#N)c2cc(Cl)ncc21.CC(C)(C)OC(=O)Cn1nc(C(N)=O)c2cc(Cl)ncc21.CC(C)(C)OC(=O)Cn1nc(I)c2cc(Cl)ncc21.Clc1cc2c(I)[nH]nc2cn1.Clc1cc2cn[nH]c2cn1.S.S=S.S=S=S.S=S=S=S.S=S=S=S=S. The first kappa shape index (κ1) is 107. The van der Waals surface area contributed by atoms with Crippen LogP contribution in [0.2, 0.25) is 25.8 Å². The predicted molar refractivity (Wildman–Crippen MR) is 491 cm³/mol. The molecule has 10 heterocycles. The second-order valence-corrected chi connectivity index (χ2v) is 38.5. The summed E-state index contributed by atoms with van der Waals surface area (Å²) >= 11 is 69.2. The molecule has 0 spiro atoms. The molecule has 0 bridgehead atoms. The summed E-state index contributed by atoms with van der Waals surface area (Å²) in [6.45, 7) is 23.1. The van der Waals surface area contributed by atoms with Crippen LogP contribution in [0, 0.1) is 18.7 Å². The summed E-state index contributed by atoms with van der Waals surface area (Å²) in [4.78, 5) is 77.1. The maximum absolute atomic E-state index is 11.9. The van der Waals surface area contributed by atoms with Crippen LogP contribution in [0.5, 0.6) is 0 Å². The van der Waals surface area contributed by atoms with Gasteiger partial charge >= 0.3 is 23.9 Å². The highest BCUT2D eigenvalue weighted by Crippen LogP contribution is 2.26. The molecule has 0 aromatic carbocycles. The van der Waals surface area contributed by atoms with Gasteiger partial charge in [-0.3, -0.25) is 48.2 Å². The highest BCUT2D eigenvalue weighted by molar-refractivity contribution is 14.1. The first-order valence-corrected chi connectivity index (χ1v) is 47.5. The van der Waals surface area contributed by atoms with Crippen molar-refractivity contribution in [1.29, 1.82) is 5.26 Å². The van der Waals surface area contributed by atoms with Crippen LogP contribution in [0.15, 0.2) is 72.7 Å². The monoisotopic (exact) mass is 2160 g/mol. The van der Waals surface area contributed by atoms with Crippen LogP contribution in [-0.4, -0.2) is 144 Å². The van der Waals surface area contributed by atoms with E-state index in [9.17, 15) is 24.0 Å². The van der Waals surface area contributed by atoms with Crippen LogP contribution < -0.4 is 5.73 Å². The molecule has 28 nitrogen and oxygen atoms in total. The van der Waals surface area contributed by atoms with Crippen LogP contribution in [0.1, 0.15) is 106 Å². The van der Waals surface area contributed by atoms with E-state index in [1.54, 1.807) is 102 Å². The Morgan fingerprint density at radius 2 is 0.954 bits per heavy atom. The lowest BCUT2D eigenvalue weighted by atomic mass is 10.2. The molecular weight excluding hydrogens is 2100 g/mol. The fraction of sp³-hybridized carbons (Fsp3) is 0.362. The average molecular weight is 2170 g/mol. The third-order valence-corrected chi connectivity index (χ3v) is 20.4. The van der Waals surface area contributed by atoms with E-state index in [0.29, 0.717) is 37.3 Å². The minimum absolute atomic E-state index is 0. The van der Waals surface area contributed by atoms with Crippen molar-refractivity contribution in [2.45, 2.75) is 132 Å². The smallest absolute Gasteiger partial charge is 0.328 e. The average Bonchev–Trinajstić information content (AvgIpc) is 1.60. The van der Waals surface area contributed by atoms with Gasteiger partial charge in [0.2, 0.25) is 0 Å². The number of esters is 4. The number of carbonyl (C=O) groups excluding carboxylic acids is 5. The van der Waals surface area contributed by atoms with Crippen molar-refractivity contribution in [2.75, 3.05) is 5.33 Å². The number of carbonyl (C=O) groups is 5. The van der Waals surface area contributed by atoms with E-state index < -0.39 is 34.6 Å². The zero-order chi connectivity index (χ0) is 82.9. The number of aromatic nitrogens is 15. The maximum atomic E-state index is 11.9. The van der Waals surface area contributed by atoms with E-state index >= 15 is 0 Å². The topological polar surface area (TPSA) is 380 Å². The Hall–Kier alpha value is -3.77. The van der Waals surface area contributed by atoms with Crippen molar-refractivity contribution in [3.8, 4) is 6.07 Å². The number of nitriles is 1. The number of amides is 1. The van der Waals surface area contributed by atoms with E-state index in [-0.39, 0.29) is 77.7 Å². The van der Waals surface area contributed by atoms with Gasteiger partial charge in [0.15, 0.2) is 11.4 Å². The summed E-state index contributed by atoms with van der Waals surface area (Å²) in [5.74, 6) is -2.16. The van der Waals surface area contributed by atoms with E-state index in [0.717, 1.165) is 49.0 Å². The van der Waals surface area contributed by atoms with Gasteiger partial charge < -0.3 is 29.9 Å². The number of nitrogens with one attached hydrogen (secondary N) is 2. The number of fused-ring (bicyclic) bond motifs is 5. The van der Waals surface area contributed by atoms with E-state index in [1.165, 1.54) is 78.4 Å². The number of rotatable bonds is 8. The van der Waals surface area contributed by atoms with Crippen molar-refractivity contribution in [3.63, 3.8) is 0 Å². The Morgan fingerprint density at radius 3 is 1.34 bits per heavy atom. The number of oxime groups is 1. The molecule has 0 unspecified atom stereocenters. The van der Waals surface area contributed by atoms with Gasteiger partial charge in [-0.25, -0.2) is 24.9 Å². The molecule has 0 saturated heterocycles. The molecule has 1 amide bonds. The fourth-order valence-corrected chi connectivity index (χ4v) is 12.2. The second-order valence-electron chi connectivity index (χ2n) is 23.3. The molecule has 10 rings (SSSR count). The number of hydrogen-bond donors (Lipinski definition) is 4. The van der Waals surface area contributed by atoms with E-state index in [4.69, 9.17) is 93.2 Å². The summed E-state index contributed by atoms with van der Waals surface area (Å²) in [5, 5.41) is 51.0. The normalized spacial score (nSPS) is 10.3. The Balaban J connectivity index is 0. The molecule has 109 heavy (non-hydrogen) atoms. The van der Waals surface area contributed by atoms with E-state index in [1.807, 2.05) is 47.6 Å². The minimum atomic E-state index is -0.704. The molecule has 0 aliphatic rings. The number of halogens is 8. The van der Waals surface area contributed by atoms with Crippen LogP contribution in [0.25, 0.3) is 54.5 Å².